The normalized spacial score (nSPS) is 11.4. The Morgan fingerprint density at radius 1 is 1.08 bits per heavy atom. The minimum absolute atomic E-state index is 0.0809. The molecule has 0 fully saturated rings. The summed E-state index contributed by atoms with van der Waals surface area (Å²) in [5, 5.41) is 4.08. The van der Waals surface area contributed by atoms with E-state index in [1.54, 1.807) is 0 Å². The van der Waals surface area contributed by atoms with Gasteiger partial charge in [-0.25, -0.2) is 13.8 Å². The number of hydrogen-bond donors (Lipinski definition) is 1. The van der Waals surface area contributed by atoms with Gasteiger partial charge in [0, 0.05) is 17.1 Å². The van der Waals surface area contributed by atoms with Crippen LogP contribution in [0.2, 0.25) is 0 Å². The van der Waals surface area contributed by atoms with E-state index in [0.29, 0.717) is 17.3 Å². The molecule has 0 saturated heterocycles. The van der Waals surface area contributed by atoms with Crippen molar-refractivity contribution in [3.8, 4) is 11.3 Å². The number of carbonyl (C=O) groups excluding carboxylic acids is 1. The number of nitrogens with zero attached hydrogens (tertiary/aromatic N) is 2. The summed E-state index contributed by atoms with van der Waals surface area (Å²) in [6, 6.07) is 4.95. The van der Waals surface area contributed by atoms with Gasteiger partial charge < -0.3 is 0 Å². The zero-order chi connectivity index (χ0) is 18.9. The van der Waals surface area contributed by atoms with Gasteiger partial charge in [-0.05, 0) is 30.3 Å². The number of carbonyl (C=O) groups is 1. The zero-order valence-corrected chi connectivity index (χ0v) is 13.5. The molecule has 2 heterocycles. The molecule has 10 heteroatoms. The second-order valence-corrected chi connectivity index (χ2v) is 5.91. The molecule has 1 N–H and O–H groups in total. The Balaban J connectivity index is 1.74. The molecule has 2 aromatic heterocycles. The third kappa shape index (κ3) is 3.85. The van der Waals surface area contributed by atoms with E-state index in [1.807, 2.05) is 0 Å². The van der Waals surface area contributed by atoms with Crippen molar-refractivity contribution in [3.05, 3.63) is 64.8 Å². The molecule has 1 amide bonds. The summed E-state index contributed by atoms with van der Waals surface area (Å²) in [6.45, 7) is 0. The van der Waals surface area contributed by atoms with Gasteiger partial charge in [0.15, 0.2) is 16.8 Å². The molecule has 3 aromatic rings. The largest absolute Gasteiger partial charge is 0.433 e. The van der Waals surface area contributed by atoms with Crippen molar-refractivity contribution in [2.75, 3.05) is 5.32 Å². The lowest BCUT2D eigenvalue weighted by molar-refractivity contribution is -0.141. The molecule has 0 unspecified atom stereocenters. The molecular formula is C16H8F5N3OS. The summed E-state index contributed by atoms with van der Waals surface area (Å²) >= 11 is 1.03. The van der Waals surface area contributed by atoms with Crippen LogP contribution in [-0.2, 0) is 6.18 Å². The lowest BCUT2D eigenvalue weighted by atomic mass is 10.2. The van der Waals surface area contributed by atoms with Gasteiger partial charge in [-0.15, -0.1) is 11.3 Å². The van der Waals surface area contributed by atoms with Crippen LogP contribution in [-0.4, -0.2) is 15.9 Å². The van der Waals surface area contributed by atoms with Crippen LogP contribution in [0.5, 0.6) is 0 Å². The van der Waals surface area contributed by atoms with Crippen molar-refractivity contribution in [2.45, 2.75) is 6.18 Å². The fraction of sp³-hybridized carbons (Fsp3) is 0.0625. The van der Waals surface area contributed by atoms with Crippen LogP contribution in [0.15, 0.2) is 41.9 Å². The lowest BCUT2D eigenvalue weighted by Crippen LogP contribution is -2.14. The second kappa shape index (κ2) is 6.79. The van der Waals surface area contributed by atoms with Crippen molar-refractivity contribution in [1.82, 2.24) is 9.97 Å². The highest BCUT2D eigenvalue weighted by Gasteiger charge is 2.32. The van der Waals surface area contributed by atoms with Crippen molar-refractivity contribution >= 4 is 22.4 Å². The molecule has 134 valence electrons. The third-order valence-corrected chi connectivity index (χ3v) is 4.01. The maximum Gasteiger partial charge on any atom is 0.433 e. The minimum atomic E-state index is -4.59. The Morgan fingerprint density at radius 2 is 1.85 bits per heavy atom. The molecule has 0 radical (unpaired) electrons. The van der Waals surface area contributed by atoms with E-state index in [0.717, 1.165) is 35.7 Å². The van der Waals surface area contributed by atoms with E-state index in [9.17, 15) is 26.7 Å². The first-order valence-corrected chi connectivity index (χ1v) is 7.87. The standard InChI is InChI=1S/C16H8F5N3OS/c17-10-3-1-8(5-11(10)18)12-7-26-15(23-12)24-14(25)9-2-4-13(22-6-9)16(19,20)21/h1-7H,(H,23,24,25). The molecule has 3 rings (SSSR count). The summed E-state index contributed by atoms with van der Waals surface area (Å²) in [7, 11) is 0. The van der Waals surface area contributed by atoms with E-state index in [2.05, 4.69) is 15.3 Å². The quantitative estimate of drug-likeness (QED) is 0.662. The third-order valence-electron chi connectivity index (χ3n) is 3.26. The number of hydrogen-bond acceptors (Lipinski definition) is 4. The number of halogens is 5. The fourth-order valence-electron chi connectivity index (χ4n) is 1.98. The number of aromatic nitrogens is 2. The topological polar surface area (TPSA) is 54.9 Å². The minimum Gasteiger partial charge on any atom is -0.298 e. The number of anilines is 1. The number of thiazole rings is 1. The van der Waals surface area contributed by atoms with Crippen LogP contribution >= 0.6 is 11.3 Å². The highest BCUT2D eigenvalue weighted by molar-refractivity contribution is 7.14. The summed E-state index contributed by atoms with van der Waals surface area (Å²) in [5.41, 5.74) is -0.557. The molecule has 0 spiro atoms. The van der Waals surface area contributed by atoms with E-state index in [4.69, 9.17) is 0 Å². The molecular weight excluding hydrogens is 377 g/mol. The van der Waals surface area contributed by atoms with Gasteiger partial charge in [0.1, 0.15) is 5.69 Å². The monoisotopic (exact) mass is 385 g/mol. The number of nitrogens with one attached hydrogen (secondary N) is 1. The highest BCUT2D eigenvalue weighted by atomic mass is 32.1. The Morgan fingerprint density at radius 3 is 2.46 bits per heavy atom. The Labute approximate surface area is 147 Å². The van der Waals surface area contributed by atoms with Gasteiger partial charge in [-0.2, -0.15) is 13.2 Å². The molecule has 4 nitrogen and oxygen atoms in total. The molecule has 0 aliphatic heterocycles. The number of alkyl halides is 3. The predicted molar refractivity (Wildman–Crippen MR) is 84.7 cm³/mol. The van der Waals surface area contributed by atoms with E-state index in [-0.39, 0.29) is 10.7 Å². The number of benzene rings is 1. The van der Waals surface area contributed by atoms with Crippen LogP contribution in [0.3, 0.4) is 0 Å². The second-order valence-electron chi connectivity index (χ2n) is 5.05. The van der Waals surface area contributed by atoms with Gasteiger partial charge in [-0.3, -0.25) is 15.1 Å². The van der Waals surface area contributed by atoms with Crippen LogP contribution in [0.1, 0.15) is 16.1 Å². The van der Waals surface area contributed by atoms with Crippen molar-refractivity contribution in [1.29, 1.82) is 0 Å². The predicted octanol–water partition coefficient (Wildman–Crippen LogP) is 4.75. The first-order valence-electron chi connectivity index (χ1n) is 6.99. The SMILES string of the molecule is O=C(Nc1nc(-c2ccc(F)c(F)c2)cs1)c1ccc(C(F)(F)F)nc1. The molecule has 0 saturated carbocycles. The number of rotatable bonds is 3. The molecule has 0 aliphatic rings. The van der Waals surface area contributed by atoms with E-state index in [1.165, 1.54) is 11.4 Å². The Kier molecular flexibility index (Phi) is 4.68. The zero-order valence-electron chi connectivity index (χ0n) is 12.6. The summed E-state index contributed by atoms with van der Waals surface area (Å²) < 4.78 is 63.6. The first-order chi connectivity index (χ1) is 12.2. The average molecular weight is 385 g/mol. The highest BCUT2D eigenvalue weighted by Crippen LogP contribution is 2.28. The first kappa shape index (κ1) is 17.9. The fourth-order valence-corrected chi connectivity index (χ4v) is 2.70. The summed E-state index contributed by atoms with van der Waals surface area (Å²) in [5.74, 6) is -2.72. The average Bonchev–Trinajstić information content (AvgIpc) is 3.05. The molecule has 0 aliphatic carbocycles. The van der Waals surface area contributed by atoms with Gasteiger partial charge >= 0.3 is 6.18 Å². The van der Waals surface area contributed by atoms with Crippen molar-refractivity contribution in [2.24, 2.45) is 0 Å². The summed E-state index contributed by atoms with van der Waals surface area (Å²) in [6.07, 6.45) is -3.79. The van der Waals surface area contributed by atoms with Gasteiger partial charge in [0.25, 0.3) is 5.91 Å². The van der Waals surface area contributed by atoms with E-state index < -0.39 is 29.4 Å². The van der Waals surface area contributed by atoms with Gasteiger partial charge in [-0.1, -0.05) is 0 Å². The van der Waals surface area contributed by atoms with Crippen LogP contribution in [0, 0.1) is 11.6 Å². The number of amides is 1. The summed E-state index contributed by atoms with van der Waals surface area (Å²) in [4.78, 5) is 19.3. The number of pyridine rings is 1. The van der Waals surface area contributed by atoms with Crippen LogP contribution in [0.4, 0.5) is 27.1 Å². The van der Waals surface area contributed by atoms with Crippen LogP contribution in [0.25, 0.3) is 11.3 Å². The van der Waals surface area contributed by atoms with Crippen LogP contribution < -0.4 is 5.32 Å². The molecule has 26 heavy (non-hydrogen) atoms. The Bertz CT molecular complexity index is 953. The maximum absolute atomic E-state index is 13.3. The smallest absolute Gasteiger partial charge is 0.298 e. The maximum atomic E-state index is 13.3. The van der Waals surface area contributed by atoms with Gasteiger partial charge in [0.2, 0.25) is 0 Å². The van der Waals surface area contributed by atoms with Crippen molar-refractivity contribution in [3.63, 3.8) is 0 Å². The molecule has 0 atom stereocenters. The molecule has 0 bridgehead atoms. The van der Waals surface area contributed by atoms with E-state index >= 15 is 0 Å². The lowest BCUT2D eigenvalue weighted by Gasteiger charge is -2.06. The van der Waals surface area contributed by atoms with Gasteiger partial charge in [0.05, 0.1) is 11.3 Å². The molecule has 1 aromatic carbocycles. The van der Waals surface area contributed by atoms with Crippen molar-refractivity contribution < 1.29 is 26.7 Å². The Hall–Kier alpha value is -2.88.